The van der Waals surface area contributed by atoms with Crippen molar-refractivity contribution in [2.24, 2.45) is 5.73 Å². The zero-order valence-corrected chi connectivity index (χ0v) is 12.6. The van der Waals surface area contributed by atoms with Crippen LogP contribution in [0.15, 0.2) is 48.5 Å². The quantitative estimate of drug-likeness (QED) is 0.862. The van der Waals surface area contributed by atoms with Gasteiger partial charge >= 0.3 is 0 Å². The van der Waals surface area contributed by atoms with Gasteiger partial charge in [0.15, 0.2) is 0 Å². The molecule has 2 aromatic carbocycles. The highest BCUT2D eigenvalue weighted by Gasteiger charge is 2.23. The van der Waals surface area contributed by atoms with Gasteiger partial charge in [0.1, 0.15) is 5.75 Å². The first kappa shape index (κ1) is 14.2. The summed E-state index contributed by atoms with van der Waals surface area (Å²) in [4.78, 5) is 0. The highest BCUT2D eigenvalue weighted by molar-refractivity contribution is 5.30. The van der Waals surface area contributed by atoms with Gasteiger partial charge in [0, 0.05) is 6.04 Å². The molecule has 0 amide bonds. The first-order valence-corrected chi connectivity index (χ1v) is 7.78. The fourth-order valence-electron chi connectivity index (χ4n) is 2.53. The molecule has 1 fully saturated rings. The van der Waals surface area contributed by atoms with Crippen LogP contribution in [-0.2, 0) is 6.42 Å². The van der Waals surface area contributed by atoms with E-state index in [1.807, 2.05) is 12.1 Å². The Kier molecular flexibility index (Phi) is 4.26. The fraction of sp³-hybridized carbons (Fsp3) is 0.368. The van der Waals surface area contributed by atoms with Crippen molar-refractivity contribution in [3.63, 3.8) is 0 Å². The Morgan fingerprint density at radius 1 is 1.14 bits per heavy atom. The highest BCUT2D eigenvalue weighted by Crippen LogP contribution is 2.27. The third-order valence-electron chi connectivity index (χ3n) is 3.96. The molecular weight excluding hydrogens is 258 g/mol. The summed E-state index contributed by atoms with van der Waals surface area (Å²) >= 11 is 0. The second-order valence-electron chi connectivity index (χ2n) is 6.02. The van der Waals surface area contributed by atoms with Crippen molar-refractivity contribution in [1.82, 2.24) is 0 Å². The van der Waals surface area contributed by atoms with E-state index < -0.39 is 0 Å². The van der Waals surface area contributed by atoms with Crippen molar-refractivity contribution in [2.45, 2.75) is 44.8 Å². The van der Waals surface area contributed by atoms with Gasteiger partial charge < -0.3 is 10.5 Å². The topological polar surface area (TPSA) is 35.2 Å². The van der Waals surface area contributed by atoms with Crippen molar-refractivity contribution in [3.05, 3.63) is 65.2 Å². The summed E-state index contributed by atoms with van der Waals surface area (Å²) in [6.45, 7) is 2.13. The fourth-order valence-corrected chi connectivity index (χ4v) is 2.53. The molecule has 2 nitrogen and oxygen atoms in total. The predicted octanol–water partition coefficient (Wildman–Crippen LogP) is 4.17. The van der Waals surface area contributed by atoms with E-state index in [2.05, 4.69) is 43.3 Å². The molecule has 0 aromatic heterocycles. The molecule has 1 aliphatic carbocycles. The summed E-state index contributed by atoms with van der Waals surface area (Å²) in [5, 5.41) is 0. The Morgan fingerprint density at radius 3 is 2.57 bits per heavy atom. The van der Waals surface area contributed by atoms with E-state index in [0.717, 1.165) is 18.6 Å². The largest absolute Gasteiger partial charge is 0.490 e. The van der Waals surface area contributed by atoms with Crippen molar-refractivity contribution in [3.8, 4) is 5.75 Å². The van der Waals surface area contributed by atoms with Crippen LogP contribution in [0.3, 0.4) is 0 Å². The van der Waals surface area contributed by atoms with Crippen LogP contribution < -0.4 is 10.5 Å². The molecule has 2 aromatic rings. The van der Waals surface area contributed by atoms with Gasteiger partial charge in [0.05, 0.1) is 6.10 Å². The average Bonchev–Trinajstić information content (AvgIpc) is 3.30. The van der Waals surface area contributed by atoms with Gasteiger partial charge in [-0.1, -0.05) is 42.0 Å². The van der Waals surface area contributed by atoms with Gasteiger partial charge in [-0.15, -0.1) is 0 Å². The molecule has 3 rings (SSSR count). The Morgan fingerprint density at radius 2 is 1.90 bits per heavy atom. The molecule has 21 heavy (non-hydrogen) atoms. The number of aryl methyl sites for hydroxylation is 2. The number of hydrogen-bond acceptors (Lipinski definition) is 2. The zero-order valence-electron chi connectivity index (χ0n) is 12.6. The molecule has 0 aliphatic heterocycles. The number of rotatable bonds is 6. The highest BCUT2D eigenvalue weighted by atomic mass is 16.5. The first-order chi connectivity index (χ1) is 10.2. The molecule has 1 unspecified atom stereocenters. The van der Waals surface area contributed by atoms with Gasteiger partial charge in [-0.3, -0.25) is 0 Å². The SMILES string of the molecule is Cc1cccc(CCC(N)c2ccc(OC3CC3)cc2)c1. The molecule has 110 valence electrons. The molecule has 1 saturated carbocycles. The first-order valence-electron chi connectivity index (χ1n) is 7.78. The van der Waals surface area contributed by atoms with E-state index in [1.54, 1.807) is 0 Å². The minimum absolute atomic E-state index is 0.0838. The van der Waals surface area contributed by atoms with Crippen molar-refractivity contribution in [2.75, 3.05) is 0 Å². The maximum Gasteiger partial charge on any atom is 0.119 e. The Balaban J connectivity index is 1.55. The van der Waals surface area contributed by atoms with Gasteiger partial charge in [0.25, 0.3) is 0 Å². The molecule has 0 saturated heterocycles. The number of hydrogen-bond donors (Lipinski definition) is 1. The molecule has 1 aliphatic rings. The van der Waals surface area contributed by atoms with Crippen molar-refractivity contribution < 1.29 is 4.74 Å². The van der Waals surface area contributed by atoms with E-state index in [4.69, 9.17) is 10.5 Å². The van der Waals surface area contributed by atoms with E-state index in [9.17, 15) is 0 Å². The van der Waals surface area contributed by atoms with E-state index >= 15 is 0 Å². The summed E-state index contributed by atoms with van der Waals surface area (Å²) in [6, 6.07) is 17.0. The minimum atomic E-state index is 0.0838. The van der Waals surface area contributed by atoms with Crippen LogP contribution in [0.5, 0.6) is 5.75 Å². The summed E-state index contributed by atoms with van der Waals surface area (Å²) in [5.41, 5.74) is 10.2. The van der Waals surface area contributed by atoms with E-state index in [0.29, 0.717) is 6.10 Å². The van der Waals surface area contributed by atoms with E-state index in [1.165, 1.54) is 29.5 Å². The lowest BCUT2D eigenvalue weighted by molar-refractivity contribution is 0.303. The van der Waals surface area contributed by atoms with E-state index in [-0.39, 0.29) is 6.04 Å². The summed E-state index contributed by atoms with van der Waals surface area (Å²) in [7, 11) is 0. The van der Waals surface area contributed by atoms with Gasteiger partial charge in [-0.25, -0.2) is 0 Å². The minimum Gasteiger partial charge on any atom is -0.490 e. The Labute approximate surface area is 126 Å². The van der Waals surface area contributed by atoms with Crippen molar-refractivity contribution in [1.29, 1.82) is 0 Å². The number of nitrogens with two attached hydrogens (primary N) is 1. The smallest absolute Gasteiger partial charge is 0.119 e. The van der Waals surface area contributed by atoms with Gasteiger partial charge in [-0.05, 0) is 55.9 Å². The van der Waals surface area contributed by atoms with Crippen LogP contribution in [-0.4, -0.2) is 6.10 Å². The molecule has 2 heteroatoms. The maximum absolute atomic E-state index is 6.30. The average molecular weight is 281 g/mol. The molecule has 1 atom stereocenters. The monoisotopic (exact) mass is 281 g/mol. The molecule has 0 spiro atoms. The van der Waals surface area contributed by atoms with Crippen LogP contribution in [0.2, 0.25) is 0 Å². The second-order valence-corrected chi connectivity index (χ2v) is 6.02. The van der Waals surface area contributed by atoms with Crippen LogP contribution >= 0.6 is 0 Å². The third kappa shape index (κ3) is 4.08. The lowest BCUT2D eigenvalue weighted by Gasteiger charge is -2.13. The Bertz CT molecular complexity index is 587. The lowest BCUT2D eigenvalue weighted by atomic mass is 9.99. The Hall–Kier alpha value is -1.80. The molecule has 0 heterocycles. The molecule has 2 N–H and O–H groups in total. The molecular formula is C19H23NO. The summed E-state index contributed by atoms with van der Waals surface area (Å²) < 4.78 is 5.76. The predicted molar refractivity (Wildman–Crippen MR) is 86.5 cm³/mol. The zero-order chi connectivity index (χ0) is 14.7. The van der Waals surface area contributed by atoms with Crippen LogP contribution in [0, 0.1) is 6.92 Å². The number of ether oxygens (including phenoxy) is 1. The lowest BCUT2D eigenvalue weighted by Crippen LogP contribution is -2.11. The van der Waals surface area contributed by atoms with Crippen LogP contribution in [0.1, 0.15) is 42.0 Å². The van der Waals surface area contributed by atoms with Crippen LogP contribution in [0.25, 0.3) is 0 Å². The molecule has 0 bridgehead atoms. The van der Waals surface area contributed by atoms with Gasteiger partial charge in [-0.2, -0.15) is 0 Å². The maximum atomic E-state index is 6.30. The number of benzene rings is 2. The third-order valence-corrected chi connectivity index (χ3v) is 3.96. The standard InChI is InChI=1S/C19H23NO/c1-14-3-2-4-15(13-14)5-12-19(20)16-6-8-17(9-7-16)21-18-10-11-18/h2-4,6-9,13,18-19H,5,10-12,20H2,1H3. The normalized spacial score (nSPS) is 15.7. The van der Waals surface area contributed by atoms with Crippen molar-refractivity contribution >= 4 is 0 Å². The summed E-state index contributed by atoms with van der Waals surface area (Å²) in [6.07, 6.45) is 4.82. The van der Waals surface area contributed by atoms with Crippen LogP contribution in [0.4, 0.5) is 0 Å². The molecule has 0 radical (unpaired) electrons. The second kappa shape index (κ2) is 6.31. The summed E-state index contributed by atoms with van der Waals surface area (Å²) in [5.74, 6) is 0.965. The van der Waals surface area contributed by atoms with Gasteiger partial charge in [0.2, 0.25) is 0 Å².